The zero-order valence-corrected chi connectivity index (χ0v) is 14.4. The van der Waals surface area contributed by atoms with Crippen LogP contribution in [0.4, 0.5) is 5.69 Å². The number of methoxy groups -OCH3 is 1. The molecule has 0 spiro atoms. The van der Waals surface area contributed by atoms with E-state index in [9.17, 15) is 8.42 Å². The van der Waals surface area contributed by atoms with Gasteiger partial charge in [0.2, 0.25) is 0 Å². The summed E-state index contributed by atoms with van der Waals surface area (Å²) < 4.78 is 32.6. The zero-order chi connectivity index (χ0) is 17.0. The van der Waals surface area contributed by atoms with Gasteiger partial charge in [0.1, 0.15) is 5.75 Å². The van der Waals surface area contributed by atoms with Gasteiger partial charge in [-0.25, -0.2) is 8.42 Å². The van der Waals surface area contributed by atoms with Crippen LogP contribution in [0.25, 0.3) is 0 Å². The Hall–Kier alpha value is -2.27. The van der Waals surface area contributed by atoms with E-state index in [2.05, 4.69) is 6.58 Å². The molecule has 122 valence electrons. The van der Waals surface area contributed by atoms with Crippen LogP contribution >= 0.6 is 0 Å². The van der Waals surface area contributed by atoms with E-state index in [-0.39, 0.29) is 11.4 Å². The number of hydrogen-bond donors (Lipinski definition) is 0. The van der Waals surface area contributed by atoms with Crippen molar-refractivity contribution in [1.82, 2.24) is 0 Å². The number of sulfonamides is 1. The Morgan fingerprint density at radius 3 is 2.13 bits per heavy atom. The SMILES string of the molecule is C=CCN(c1c(C)cccc1C)S(=O)(=O)c1ccc(OC)cc1. The molecule has 0 aliphatic rings. The van der Waals surface area contributed by atoms with Crippen LogP contribution in [0.5, 0.6) is 5.75 Å². The smallest absolute Gasteiger partial charge is 0.264 e. The molecule has 4 nitrogen and oxygen atoms in total. The fourth-order valence-electron chi connectivity index (χ4n) is 2.50. The summed E-state index contributed by atoms with van der Waals surface area (Å²) in [4.78, 5) is 0.225. The normalized spacial score (nSPS) is 11.1. The first kappa shape index (κ1) is 17.1. The van der Waals surface area contributed by atoms with Gasteiger partial charge < -0.3 is 4.74 Å². The number of benzene rings is 2. The highest BCUT2D eigenvalue weighted by Gasteiger charge is 2.26. The van der Waals surface area contributed by atoms with Crippen LogP contribution < -0.4 is 9.04 Å². The summed E-state index contributed by atoms with van der Waals surface area (Å²) in [5.74, 6) is 0.617. The predicted octanol–water partition coefficient (Wildman–Crippen LogP) is 3.69. The Morgan fingerprint density at radius 2 is 1.65 bits per heavy atom. The molecule has 0 unspecified atom stereocenters. The van der Waals surface area contributed by atoms with Crippen LogP contribution in [0.3, 0.4) is 0 Å². The summed E-state index contributed by atoms with van der Waals surface area (Å²) in [6.45, 7) is 7.71. The fraction of sp³-hybridized carbons (Fsp3) is 0.222. The Kier molecular flexibility index (Phi) is 5.11. The minimum absolute atomic E-state index is 0.208. The molecule has 0 bridgehead atoms. The number of para-hydroxylation sites is 1. The molecule has 0 aromatic heterocycles. The van der Waals surface area contributed by atoms with E-state index >= 15 is 0 Å². The summed E-state index contributed by atoms with van der Waals surface area (Å²) in [6, 6.07) is 12.1. The molecule has 0 saturated heterocycles. The van der Waals surface area contributed by atoms with Gasteiger partial charge in [0, 0.05) is 0 Å². The van der Waals surface area contributed by atoms with Gasteiger partial charge in [-0.1, -0.05) is 24.3 Å². The van der Waals surface area contributed by atoms with Gasteiger partial charge in [-0.2, -0.15) is 0 Å². The second kappa shape index (κ2) is 6.87. The third-order valence-corrected chi connectivity index (χ3v) is 5.41. The third kappa shape index (κ3) is 3.40. The summed E-state index contributed by atoms with van der Waals surface area (Å²) in [7, 11) is -2.13. The van der Waals surface area contributed by atoms with Gasteiger partial charge in [0.25, 0.3) is 10.0 Å². The number of ether oxygens (including phenoxy) is 1. The van der Waals surface area contributed by atoms with Crippen molar-refractivity contribution >= 4 is 15.7 Å². The molecule has 2 aromatic rings. The maximum absolute atomic E-state index is 13.1. The fourth-order valence-corrected chi connectivity index (χ4v) is 4.07. The van der Waals surface area contributed by atoms with Gasteiger partial charge in [0.05, 0.1) is 24.2 Å². The number of rotatable bonds is 6. The molecule has 0 heterocycles. The van der Waals surface area contributed by atoms with Crippen molar-refractivity contribution in [2.45, 2.75) is 18.7 Å². The first-order valence-electron chi connectivity index (χ1n) is 7.25. The van der Waals surface area contributed by atoms with Crippen LogP contribution in [0.15, 0.2) is 60.0 Å². The first-order chi connectivity index (χ1) is 10.9. The van der Waals surface area contributed by atoms with Crippen molar-refractivity contribution in [3.05, 3.63) is 66.2 Å². The summed E-state index contributed by atoms with van der Waals surface area (Å²) in [6.07, 6.45) is 1.59. The lowest BCUT2D eigenvalue weighted by Crippen LogP contribution is -2.32. The van der Waals surface area contributed by atoms with E-state index in [0.29, 0.717) is 11.4 Å². The highest BCUT2D eigenvalue weighted by atomic mass is 32.2. The van der Waals surface area contributed by atoms with Gasteiger partial charge >= 0.3 is 0 Å². The van der Waals surface area contributed by atoms with Crippen molar-refractivity contribution in [3.63, 3.8) is 0 Å². The Balaban J connectivity index is 2.57. The van der Waals surface area contributed by atoms with E-state index in [0.717, 1.165) is 11.1 Å². The average Bonchev–Trinajstić information content (AvgIpc) is 2.54. The van der Waals surface area contributed by atoms with Crippen molar-refractivity contribution in [2.75, 3.05) is 18.0 Å². The highest BCUT2D eigenvalue weighted by Crippen LogP contribution is 2.30. The average molecular weight is 331 g/mol. The summed E-state index contributed by atoms with van der Waals surface area (Å²) in [5, 5.41) is 0. The zero-order valence-electron chi connectivity index (χ0n) is 13.6. The van der Waals surface area contributed by atoms with Gasteiger partial charge in [0.15, 0.2) is 0 Å². The molecule has 0 aliphatic heterocycles. The van der Waals surface area contributed by atoms with Crippen molar-refractivity contribution in [3.8, 4) is 5.75 Å². The quantitative estimate of drug-likeness (QED) is 0.758. The van der Waals surface area contributed by atoms with Crippen LogP contribution in [-0.4, -0.2) is 22.1 Å². The largest absolute Gasteiger partial charge is 0.497 e. The number of aryl methyl sites for hydroxylation is 2. The molecule has 0 radical (unpaired) electrons. The standard InChI is InChI=1S/C18H21NO3S/c1-5-13-19(18-14(2)7-6-8-15(18)3)23(20,21)17-11-9-16(22-4)10-12-17/h5-12H,1,13H2,2-4H3. The van der Waals surface area contributed by atoms with E-state index in [1.807, 2.05) is 32.0 Å². The Morgan fingerprint density at radius 1 is 1.09 bits per heavy atom. The minimum Gasteiger partial charge on any atom is -0.497 e. The predicted molar refractivity (Wildman–Crippen MR) is 93.6 cm³/mol. The molecule has 0 fully saturated rings. The highest BCUT2D eigenvalue weighted by molar-refractivity contribution is 7.92. The molecule has 2 rings (SSSR count). The van der Waals surface area contributed by atoms with Crippen molar-refractivity contribution in [1.29, 1.82) is 0 Å². The molecular formula is C18H21NO3S. The molecule has 0 N–H and O–H groups in total. The molecule has 5 heteroatoms. The van der Waals surface area contributed by atoms with Crippen molar-refractivity contribution < 1.29 is 13.2 Å². The second-order valence-electron chi connectivity index (χ2n) is 5.24. The Bertz CT molecular complexity index is 775. The maximum Gasteiger partial charge on any atom is 0.264 e. The van der Waals surface area contributed by atoms with E-state index in [4.69, 9.17) is 4.74 Å². The first-order valence-corrected chi connectivity index (χ1v) is 8.69. The van der Waals surface area contributed by atoms with Crippen LogP contribution in [0.1, 0.15) is 11.1 Å². The van der Waals surface area contributed by atoms with Crippen LogP contribution in [0.2, 0.25) is 0 Å². The number of hydrogen-bond acceptors (Lipinski definition) is 3. The Labute approximate surface area is 138 Å². The number of nitrogens with zero attached hydrogens (tertiary/aromatic N) is 1. The van der Waals surface area contributed by atoms with E-state index in [1.165, 1.54) is 4.31 Å². The molecule has 0 amide bonds. The molecule has 0 aliphatic carbocycles. The van der Waals surface area contributed by atoms with E-state index in [1.54, 1.807) is 37.5 Å². The summed E-state index contributed by atoms with van der Waals surface area (Å²) in [5.41, 5.74) is 2.51. The van der Waals surface area contributed by atoms with E-state index < -0.39 is 10.0 Å². The van der Waals surface area contributed by atoms with Crippen molar-refractivity contribution in [2.24, 2.45) is 0 Å². The minimum atomic E-state index is -3.68. The monoisotopic (exact) mass is 331 g/mol. The van der Waals surface area contributed by atoms with Gasteiger partial charge in [-0.15, -0.1) is 6.58 Å². The molecule has 0 saturated carbocycles. The van der Waals surface area contributed by atoms with Crippen LogP contribution in [0, 0.1) is 13.8 Å². The molecular weight excluding hydrogens is 310 g/mol. The molecule has 2 aromatic carbocycles. The lowest BCUT2D eigenvalue weighted by atomic mass is 10.1. The summed E-state index contributed by atoms with van der Waals surface area (Å²) >= 11 is 0. The van der Waals surface area contributed by atoms with Crippen LogP contribution in [-0.2, 0) is 10.0 Å². The van der Waals surface area contributed by atoms with Gasteiger partial charge in [-0.3, -0.25) is 4.31 Å². The topological polar surface area (TPSA) is 46.6 Å². The molecule has 23 heavy (non-hydrogen) atoms. The van der Waals surface area contributed by atoms with Gasteiger partial charge in [-0.05, 0) is 49.2 Å². The molecule has 0 atom stereocenters. The lowest BCUT2D eigenvalue weighted by Gasteiger charge is -2.26. The lowest BCUT2D eigenvalue weighted by molar-refractivity contribution is 0.414. The maximum atomic E-state index is 13.1. The number of anilines is 1. The second-order valence-corrected chi connectivity index (χ2v) is 7.10. The third-order valence-electron chi connectivity index (χ3n) is 3.63.